The lowest BCUT2D eigenvalue weighted by molar-refractivity contribution is 0.0623. The summed E-state index contributed by atoms with van der Waals surface area (Å²) in [5, 5.41) is 7.83. The smallest absolute Gasteiger partial charge is 0.407 e. The minimum atomic E-state index is -0.348. The zero-order valence-corrected chi connectivity index (χ0v) is 17.7. The number of hydrogen-bond donors (Lipinski definition) is 1. The fourth-order valence-corrected chi connectivity index (χ4v) is 4.46. The summed E-state index contributed by atoms with van der Waals surface area (Å²) in [4.78, 5) is 11.8. The largest absolute Gasteiger partial charge is 0.446 e. The first-order chi connectivity index (χ1) is 14.6. The summed E-state index contributed by atoms with van der Waals surface area (Å²) < 4.78 is 11.3. The molecule has 0 spiro atoms. The van der Waals surface area contributed by atoms with Crippen LogP contribution >= 0.6 is 11.6 Å². The number of hydrogen-bond acceptors (Lipinski definition) is 4. The maximum absolute atomic E-state index is 11.8. The minimum Gasteiger partial charge on any atom is -0.446 e. The lowest BCUT2D eigenvalue weighted by atomic mass is 9.66. The van der Waals surface area contributed by atoms with Crippen molar-refractivity contribution >= 4 is 17.7 Å². The molecule has 30 heavy (non-hydrogen) atoms. The molecular formula is C24H25ClN2O3. The molecule has 0 aliphatic heterocycles. The molecule has 0 radical (unpaired) electrons. The van der Waals surface area contributed by atoms with Crippen molar-refractivity contribution in [3.05, 3.63) is 76.9 Å². The minimum absolute atomic E-state index is 0.0901. The molecule has 1 N–H and O–H groups in total. The number of amides is 1. The van der Waals surface area contributed by atoms with E-state index in [9.17, 15) is 4.79 Å². The molecule has 1 aromatic heterocycles. The highest BCUT2D eigenvalue weighted by Gasteiger charge is 2.42. The van der Waals surface area contributed by atoms with Gasteiger partial charge in [-0.25, -0.2) is 4.79 Å². The third-order valence-corrected chi connectivity index (χ3v) is 6.05. The van der Waals surface area contributed by atoms with Crippen molar-refractivity contribution in [2.45, 2.75) is 44.1 Å². The monoisotopic (exact) mass is 424 g/mol. The normalized spacial score (nSPS) is 21.2. The van der Waals surface area contributed by atoms with Gasteiger partial charge in [0, 0.05) is 28.6 Å². The Labute approximate surface area is 181 Å². The molecule has 1 amide bonds. The van der Waals surface area contributed by atoms with Crippen LogP contribution in [0.3, 0.4) is 0 Å². The van der Waals surface area contributed by atoms with E-state index in [2.05, 4.69) is 22.6 Å². The highest BCUT2D eigenvalue weighted by molar-refractivity contribution is 6.30. The molecule has 1 aliphatic carbocycles. The lowest BCUT2D eigenvalue weighted by Gasteiger charge is -2.39. The van der Waals surface area contributed by atoms with E-state index < -0.39 is 0 Å². The molecule has 0 unspecified atom stereocenters. The average Bonchev–Trinajstić information content (AvgIpc) is 3.26. The van der Waals surface area contributed by atoms with Crippen molar-refractivity contribution in [1.82, 2.24) is 10.5 Å². The van der Waals surface area contributed by atoms with E-state index in [4.69, 9.17) is 20.9 Å². The Hall–Kier alpha value is -2.79. The van der Waals surface area contributed by atoms with Crippen molar-refractivity contribution in [2.24, 2.45) is 0 Å². The Bertz CT molecular complexity index is 994. The van der Waals surface area contributed by atoms with Crippen molar-refractivity contribution in [2.75, 3.05) is 6.54 Å². The Morgan fingerprint density at radius 2 is 1.93 bits per heavy atom. The molecule has 2 aromatic carbocycles. The zero-order valence-electron chi connectivity index (χ0n) is 16.9. The van der Waals surface area contributed by atoms with Gasteiger partial charge in [-0.2, -0.15) is 0 Å². The summed E-state index contributed by atoms with van der Waals surface area (Å²) in [7, 11) is 0. The molecule has 5 nitrogen and oxygen atoms in total. The van der Waals surface area contributed by atoms with Crippen LogP contribution in [0, 0.1) is 0 Å². The third-order valence-electron chi connectivity index (χ3n) is 5.82. The number of nitrogens with zero attached hydrogens (tertiary/aromatic N) is 1. The van der Waals surface area contributed by atoms with E-state index in [1.807, 2.05) is 55.5 Å². The fraction of sp³-hybridized carbons (Fsp3) is 0.333. The van der Waals surface area contributed by atoms with E-state index in [0.717, 1.165) is 36.9 Å². The Balaban J connectivity index is 1.62. The van der Waals surface area contributed by atoms with Gasteiger partial charge in [-0.05, 0) is 50.3 Å². The topological polar surface area (TPSA) is 64.4 Å². The maximum Gasteiger partial charge on any atom is 0.407 e. The molecule has 0 atom stereocenters. The zero-order chi connectivity index (χ0) is 21.0. The van der Waals surface area contributed by atoms with E-state index in [1.165, 1.54) is 5.56 Å². The van der Waals surface area contributed by atoms with Crippen molar-refractivity contribution < 1.29 is 14.1 Å². The van der Waals surface area contributed by atoms with Crippen LogP contribution in [-0.2, 0) is 10.2 Å². The van der Waals surface area contributed by atoms with Gasteiger partial charge in [-0.1, -0.05) is 59.2 Å². The van der Waals surface area contributed by atoms with Crippen LogP contribution in [0.1, 0.15) is 43.9 Å². The van der Waals surface area contributed by atoms with Gasteiger partial charge in [-0.15, -0.1) is 0 Å². The fourth-order valence-electron chi connectivity index (χ4n) is 4.27. The summed E-state index contributed by atoms with van der Waals surface area (Å²) in [5.41, 5.74) is 2.73. The lowest BCUT2D eigenvalue weighted by Crippen LogP contribution is -2.38. The molecule has 0 saturated heterocycles. The second-order valence-electron chi connectivity index (χ2n) is 7.67. The summed E-state index contributed by atoms with van der Waals surface area (Å²) in [6.07, 6.45) is 2.74. The predicted octanol–water partition coefficient (Wildman–Crippen LogP) is 5.97. The van der Waals surface area contributed by atoms with Crippen LogP contribution in [0.25, 0.3) is 11.3 Å². The van der Waals surface area contributed by atoms with Crippen LogP contribution in [0.5, 0.6) is 0 Å². The van der Waals surface area contributed by atoms with Crippen molar-refractivity contribution in [3.63, 3.8) is 0 Å². The number of ether oxygens (including phenoxy) is 1. The first-order valence-electron chi connectivity index (χ1n) is 10.3. The van der Waals surface area contributed by atoms with E-state index in [1.54, 1.807) is 0 Å². The molecule has 1 heterocycles. The third kappa shape index (κ3) is 4.21. The maximum atomic E-state index is 11.8. The summed E-state index contributed by atoms with van der Waals surface area (Å²) >= 11 is 6.14. The van der Waals surface area contributed by atoms with Gasteiger partial charge in [0.15, 0.2) is 5.76 Å². The van der Waals surface area contributed by atoms with Crippen LogP contribution < -0.4 is 5.32 Å². The predicted molar refractivity (Wildman–Crippen MR) is 117 cm³/mol. The average molecular weight is 425 g/mol. The molecule has 0 bridgehead atoms. The summed E-state index contributed by atoms with van der Waals surface area (Å²) in [5.74, 6) is 0.698. The van der Waals surface area contributed by atoms with Gasteiger partial charge in [0.1, 0.15) is 6.10 Å². The highest BCUT2D eigenvalue weighted by atomic mass is 35.5. The number of halogens is 1. The first kappa shape index (κ1) is 20.5. The van der Waals surface area contributed by atoms with E-state index in [0.29, 0.717) is 17.3 Å². The van der Waals surface area contributed by atoms with Crippen molar-refractivity contribution in [3.8, 4) is 11.3 Å². The molecular weight excluding hydrogens is 400 g/mol. The number of aromatic nitrogens is 1. The molecule has 156 valence electrons. The van der Waals surface area contributed by atoms with Crippen LogP contribution in [0.2, 0.25) is 5.02 Å². The van der Waals surface area contributed by atoms with Gasteiger partial charge in [0.05, 0.1) is 5.69 Å². The molecule has 4 rings (SSSR count). The second-order valence-corrected chi connectivity index (χ2v) is 8.11. The van der Waals surface area contributed by atoms with E-state index >= 15 is 0 Å². The van der Waals surface area contributed by atoms with Crippen LogP contribution in [-0.4, -0.2) is 23.9 Å². The summed E-state index contributed by atoms with van der Waals surface area (Å²) in [6, 6.07) is 20.0. The van der Waals surface area contributed by atoms with Gasteiger partial charge < -0.3 is 14.6 Å². The Morgan fingerprint density at radius 1 is 1.17 bits per heavy atom. The number of alkyl carbamates (subject to hydrolysis) is 1. The van der Waals surface area contributed by atoms with Crippen LogP contribution in [0.4, 0.5) is 4.79 Å². The number of carbonyl (C=O) groups excluding carboxylic acids is 1. The number of rotatable bonds is 5. The highest BCUT2D eigenvalue weighted by Crippen LogP contribution is 2.45. The van der Waals surface area contributed by atoms with Crippen molar-refractivity contribution in [1.29, 1.82) is 0 Å². The SMILES string of the molecule is CCNC(=O)OC1CCC(c2ccccc2)(c2cc(-c3cccc(Cl)c3)on2)CC1. The molecule has 1 fully saturated rings. The van der Waals surface area contributed by atoms with Gasteiger partial charge in [0.25, 0.3) is 0 Å². The second kappa shape index (κ2) is 8.92. The number of nitrogens with one attached hydrogen (secondary N) is 1. The first-order valence-corrected chi connectivity index (χ1v) is 10.7. The number of benzene rings is 2. The number of carbonyl (C=O) groups is 1. The summed E-state index contributed by atoms with van der Waals surface area (Å²) in [6.45, 7) is 2.44. The Morgan fingerprint density at radius 3 is 2.63 bits per heavy atom. The molecule has 1 aliphatic rings. The molecule has 3 aromatic rings. The van der Waals surface area contributed by atoms with Gasteiger partial charge >= 0.3 is 6.09 Å². The van der Waals surface area contributed by atoms with Gasteiger partial charge in [0.2, 0.25) is 0 Å². The Kier molecular flexibility index (Phi) is 6.09. The molecule has 1 saturated carbocycles. The molecule has 6 heteroatoms. The quantitative estimate of drug-likeness (QED) is 0.548. The standard InChI is InChI=1S/C24H25ClN2O3/c1-2-26-23(28)29-20-11-13-24(14-12-20,18-8-4-3-5-9-18)22-16-21(30-27-22)17-7-6-10-19(25)15-17/h3-10,15-16,20H,2,11-14H2,1H3,(H,26,28). The van der Waals surface area contributed by atoms with E-state index in [-0.39, 0.29) is 17.6 Å². The van der Waals surface area contributed by atoms with Gasteiger partial charge in [-0.3, -0.25) is 0 Å². The van der Waals surface area contributed by atoms with Crippen LogP contribution in [0.15, 0.2) is 65.2 Å².